The lowest BCUT2D eigenvalue weighted by Crippen LogP contribution is -2.61. The Morgan fingerprint density at radius 3 is 2.58 bits per heavy atom. The zero-order valence-electron chi connectivity index (χ0n) is 20.7. The van der Waals surface area contributed by atoms with E-state index in [0.29, 0.717) is 6.42 Å². The fourth-order valence-electron chi connectivity index (χ4n) is 6.16. The average Bonchev–Trinajstić information content (AvgIpc) is 3.42. The summed E-state index contributed by atoms with van der Waals surface area (Å²) >= 11 is 0. The third kappa shape index (κ3) is 3.05. The Morgan fingerprint density at radius 2 is 1.74 bits per heavy atom. The number of benzene rings is 3. The Morgan fingerprint density at radius 1 is 0.947 bits per heavy atom. The van der Waals surface area contributed by atoms with Crippen molar-refractivity contribution in [1.29, 1.82) is 0 Å². The standard InChI is InChI=1S/C31H24FN3O3/c1-33-19-35(34-14-13-27(36)29(28(34)30(33)37)38-18-20-7-3-2-4-8-20)31-23(15-21-9-5-6-10-25(21)31)16-22-11-12-24(32)17-26(22)31/h2-15,17H,16,18-19H2,1H3. The molecular formula is C31H24FN3O3. The van der Waals surface area contributed by atoms with Crippen molar-refractivity contribution in [2.45, 2.75) is 18.6 Å². The molecule has 38 heavy (non-hydrogen) atoms. The Hall–Kier alpha value is -4.65. The van der Waals surface area contributed by atoms with Gasteiger partial charge in [0.15, 0.2) is 11.4 Å². The molecule has 3 aromatic carbocycles. The molecule has 7 rings (SSSR count). The predicted octanol–water partition coefficient (Wildman–Crippen LogP) is 4.44. The smallest absolute Gasteiger partial charge is 0.277 e. The average molecular weight is 506 g/mol. The topological polar surface area (TPSA) is 54.8 Å². The fraction of sp³-hybridized carbons (Fsp3) is 0.161. The maximum absolute atomic E-state index is 14.8. The van der Waals surface area contributed by atoms with Gasteiger partial charge in [-0.2, -0.15) is 0 Å². The monoisotopic (exact) mass is 505 g/mol. The first-order chi connectivity index (χ1) is 18.5. The SMILES string of the molecule is CN1CN(C23C(=Cc4ccccc42)Cc2ccc(F)cc23)n2ccc(=O)c(OCc3ccccc3)c2C1=O. The number of aromatic nitrogens is 1. The second-order valence-electron chi connectivity index (χ2n) is 9.97. The van der Waals surface area contributed by atoms with Crippen LogP contribution in [0.3, 0.4) is 0 Å². The molecule has 0 spiro atoms. The minimum atomic E-state index is -0.844. The molecule has 0 radical (unpaired) electrons. The van der Waals surface area contributed by atoms with Crippen molar-refractivity contribution in [2.75, 3.05) is 18.7 Å². The van der Waals surface area contributed by atoms with Crippen LogP contribution in [-0.2, 0) is 18.6 Å². The zero-order chi connectivity index (χ0) is 26.0. The third-order valence-electron chi connectivity index (χ3n) is 7.79. The van der Waals surface area contributed by atoms with Crippen molar-refractivity contribution in [3.63, 3.8) is 0 Å². The minimum Gasteiger partial charge on any atom is -0.482 e. The Balaban J connectivity index is 1.45. The van der Waals surface area contributed by atoms with Crippen LogP contribution in [0.4, 0.5) is 4.39 Å². The molecule has 0 N–H and O–H groups in total. The highest BCUT2D eigenvalue weighted by Gasteiger charge is 2.55. The van der Waals surface area contributed by atoms with Crippen LogP contribution in [-0.4, -0.2) is 29.2 Å². The molecule has 0 fully saturated rings. The molecule has 1 aromatic heterocycles. The highest BCUT2D eigenvalue weighted by molar-refractivity contribution is 5.96. The van der Waals surface area contributed by atoms with Crippen LogP contribution in [0.25, 0.3) is 6.08 Å². The van der Waals surface area contributed by atoms with Crippen LogP contribution in [0.5, 0.6) is 5.75 Å². The number of hydrogen-bond donors (Lipinski definition) is 0. The highest BCUT2D eigenvalue weighted by Crippen LogP contribution is 2.55. The number of ether oxygens (including phenoxy) is 1. The molecule has 7 heteroatoms. The van der Waals surface area contributed by atoms with Crippen LogP contribution in [0.1, 0.15) is 38.3 Å². The van der Waals surface area contributed by atoms with Gasteiger partial charge in [-0.3, -0.25) is 19.3 Å². The molecule has 1 unspecified atom stereocenters. The number of nitrogens with zero attached hydrogens (tertiary/aromatic N) is 3. The van der Waals surface area contributed by atoms with E-state index in [1.165, 1.54) is 12.1 Å². The highest BCUT2D eigenvalue weighted by atomic mass is 19.1. The van der Waals surface area contributed by atoms with Gasteiger partial charge in [0.2, 0.25) is 5.43 Å². The van der Waals surface area contributed by atoms with Crippen molar-refractivity contribution in [1.82, 2.24) is 9.58 Å². The van der Waals surface area contributed by atoms with Gasteiger partial charge in [0.1, 0.15) is 24.6 Å². The summed E-state index contributed by atoms with van der Waals surface area (Å²) in [5.74, 6) is -0.626. The molecule has 1 amide bonds. The Kier molecular flexibility index (Phi) is 4.85. The van der Waals surface area contributed by atoms with Gasteiger partial charge in [-0.05, 0) is 51.9 Å². The van der Waals surface area contributed by atoms with Crippen molar-refractivity contribution in [2.24, 2.45) is 0 Å². The molecule has 2 heterocycles. The van der Waals surface area contributed by atoms with E-state index in [2.05, 4.69) is 23.2 Å². The van der Waals surface area contributed by atoms with E-state index in [1.807, 2.05) is 48.5 Å². The van der Waals surface area contributed by atoms with Crippen LogP contribution >= 0.6 is 0 Å². The van der Waals surface area contributed by atoms with Gasteiger partial charge in [-0.1, -0.05) is 66.7 Å². The first-order valence-corrected chi connectivity index (χ1v) is 12.5. The quantitative estimate of drug-likeness (QED) is 0.412. The molecule has 0 saturated heterocycles. The molecule has 6 nitrogen and oxygen atoms in total. The van der Waals surface area contributed by atoms with E-state index in [9.17, 15) is 14.0 Å². The number of amides is 1. The van der Waals surface area contributed by atoms with E-state index in [0.717, 1.165) is 33.4 Å². The Labute approximate surface area is 218 Å². The largest absolute Gasteiger partial charge is 0.482 e. The number of rotatable bonds is 4. The van der Waals surface area contributed by atoms with Crippen molar-refractivity contribution >= 4 is 12.0 Å². The molecule has 188 valence electrons. The van der Waals surface area contributed by atoms with E-state index >= 15 is 0 Å². The first kappa shape index (κ1) is 22.5. The van der Waals surface area contributed by atoms with Crippen molar-refractivity contribution in [3.05, 3.63) is 140 Å². The van der Waals surface area contributed by atoms with Gasteiger partial charge in [-0.15, -0.1) is 0 Å². The molecular weight excluding hydrogens is 481 g/mol. The number of carbonyl (C=O) groups is 1. The van der Waals surface area contributed by atoms with Gasteiger partial charge in [0, 0.05) is 19.3 Å². The van der Waals surface area contributed by atoms with E-state index < -0.39 is 5.54 Å². The fourth-order valence-corrected chi connectivity index (χ4v) is 6.16. The maximum Gasteiger partial charge on any atom is 0.277 e. The van der Waals surface area contributed by atoms with Gasteiger partial charge in [0.05, 0.1) is 0 Å². The predicted molar refractivity (Wildman–Crippen MR) is 142 cm³/mol. The summed E-state index contributed by atoms with van der Waals surface area (Å²) in [6.45, 7) is 0.381. The molecule has 4 aromatic rings. The number of halogens is 1. The van der Waals surface area contributed by atoms with Crippen molar-refractivity contribution in [3.8, 4) is 5.75 Å². The molecule has 0 bridgehead atoms. The second-order valence-corrected chi connectivity index (χ2v) is 9.97. The number of hydrogen-bond acceptors (Lipinski definition) is 4. The lowest BCUT2D eigenvalue weighted by atomic mass is 9.83. The maximum atomic E-state index is 14.8. The van der Waals surface area contributed by atoms with Gasteiger partial charge >= 0.3 is 0 Å². The third-order valence-corrected chi connectivity index (χ3v) is 7.79. The van der Waals surface area contributed by atoms with Crippen molar-refractivity contribution < 1.29 is 13.9 Å². The summed E-state index contributed by atoms with van der Waals surface area (Å²) in [6, 6.07) is 24.0. The van der Waals surface area contributed by atoms with Gasteiger partial charge < -0.3 is 9.64 Å². The van der Waals surface area contributed by atoms with E-state index in [1.54, 1.807) is 28.9 Å². The number of carbonyl (C=O) groups excluding carboxylic acids is 1. The lowest BCUT2D eigenvalue weighted by molar-refractivity contribution is 0.0712. The first-order valence-electron chi connectivity index (χ1n) is 12.5. The summed E-state index contributed by atoms with van der Waals surface area (Å²) in [7, 11) is 1.71. The molecule has 1 aliphatic heterocycles. The molecule has 1 atom stereocenters. The van der Waals surface area contributed by atoms with E-state index in [4.69, 9.17) is 4.74 Å². The lowest BCUT2D eigenvalue weighted by Gasteiger charge is -2.49. The molecule has 2 aliphatic carbocycles. The van der Waals surface area contributed by atoms with E-state index in [-0.39, 0.29) is 41.9 Å². The summed E-state index contributed by atoms with van der Waals surface area (Å²) in [4.78, 5) is 28.2. The van der Waals surface area contributed by atoms with Crippen LogP contribution < -0.4 is 15.2 Å². The second kappa shape index (κ2) is 8.18. The van der Waals surface area contributed by atoms with Gasteiger partial charge in [0.25, 0.3) is 5.91 Å². The summed E-state index contributed by atoms with van der Waals surface area (Å²) in [6.07, 6.45) is 4.45. The van der Waals surface area contributed by atoms with Crippen LogP contribution in [0, 0.1) is 5.82 Å². The summed E-state index contributed by atoms with van der Waals surface area (Å²) < 4.78 is 22.5. The number of pyridine rings is 1. The van der Waals surface area contributed by atoms with Gasteiger partial charge in [-0.25, -0.2) is 4.39 Å². The summed E-state index contributed by atoms with van der Waals surface area (Å²) in [5, 5.41) is 2.06. The number of fused-ring (bicyclic) bond motifs is 6. The Bertz CT molecular complexity index is 1710. The molecule has 3 aliphatic rings. The summed E-state index contributed by atoms with van der Waals surface area (Å²) in [5.41, 5.74) is 4.87. The van der Waals surface area contributed by atoms with Crippen LogP contribution in [0.15, 0.2) is 95.4 Å². The zero-order valence-corrected chi connectivity index (χ0v) is 20.7. The normalized spacial score (nSPS) is 19.0. The molecule has 0 saturated carbocycles. The van der Waals surface area contributed by atoms with Crippen LogP contribution in [0.2, 0.25) is 0 Å². The minimum absolute atomic E-state index is 0.00331.